The van der Waals surface area contributed by atoms with Crippen molar-refractivity contribution in [2.45, 2.75) is 0 Å². The molecule has 0 aliphatic carbocycles. The minimum Gasteiger partial charge on any atom is -0.383 e. The topological polar surface area (TPSA) is 38.8 Å². The average molecular weight is 207 g/mol. The van der Waals surface area contributed by atoms with E-state index in [0.29, 0.717) is 26.3 Å². The van der Waals surface area contributed by atoms with E-state index in [1.807, 2.05) is 0 Å². The quantitative estimate of drug-likeness (QED) is 0.599. The molecular weight excluding hydrogens is 190 g/mol. The lowest BCUT2D eigenvalue weighted by atomic mass is 10.4. The monoisotopic (exact) mass is 207 g/mol. The van der Waals surface area contributed by atoms with Crippen LogP contribution in [0.1, 0.15) is 0 Å². The van der Waals surface area contributed by atoms with E-state index >= 15 is 0 Å². The number of amides is 1. The number of thiol groups is 1. The van der Waals surface area contributed by atoms with Gasteiger partial charge in [0.25, 0.3) is 0 Å². The Morgan fingerprint density at radius 2 is 1.69 bits per heavy atom. The molecule has 5 heteroatoms. The lowest BCUT2D eigenvalue weighted by molar-refractivity contribution is -0.129. The summed E-state index contributed by atoms with van der Waals surface area (Å²) in [6, 6.07) is 0. The number of nitrogens with zero attached hydrogens (tertiary/aromatic N) is 1. The van der Waals surface area contributed by atoms with E-state index in [-0.39, 0.29) is 11.7 Å². The summed E-state index contributed by atoms with van der Waals surface area (Å²) in [7, 11) is 3.22. The molecule has 0 aliphatic rings. The number of methoxy groups -OCH3 is 2. The Hall–Kier alpha value is -0.260. The Morgan fingerprint density at radius 3 is 2.00 bits per heavy atom. The molecule has 13 heavy (non-hydrogen) atoms. The molecule has 0 atom stereocenters. The Labute approximate surface area is 84.6 Å². The highest BCUT2D eigenvalue weighted by Crippen LogP contribution is 1.92. The number of ether oxygens (including phenoxy) is 2. The van der Waals surface area contributed by atoms with E-state index in [9.17, 15) is 4.79 Å². The second kappa shape index (κ2) is 8.34. The van der Waals surface area contributed by atoms with Gasteiger partial charge in [-0.05, 0) is 0 Å². The first-order chi connectivity index (χ1) is 6.26. The maximum Gasteiger partial charge on any atom is 0.232 e. The zero-order chi connectivity index (χ0) is 10.1. The molecule has 0 rings (SSSR count). The normalized spacial score (nSPS) is 10.1. The minimum absolute atomic E-state index is 0.0115. The van der Waals surface area contributed by atoms with Crippen molar-refractivity contribution in [3.8, 4) is 0 Å². The summed E-state index contributed by atoms with van der Waals surface area (Å²) in [5.74, 6) is 0.241. The van der Waals surface area contributed by atoms with E-state index in [1.165, 1.54) is 0 Å². The van der Waals surface area contributed by atoms with Gasteiger partial charge in [-0.3, -0.25) is 4.79 Å². The fourth-order valence-corrected chi connectivity index (χ4v) is 1.06. The lowest BCUT2D eigenvalue weighted by Gasteiger charge is -2.20. The van der Waals surface area contributed by atoms with E-state index in [1.54, 1.807) is 19.1 Å². The summed E-state index contributed by atoms with van der Waals surface area (Å²) in [6.07, 6.45) is 0. The Kier molecular flexibility index (Phi) is 8.18. The van der Waals surface area contributed by atoms with Crippen LogP contribution in [0.15, 0.2) is 0 Å². The lowest BCUT2D eigenvalue weighted by Crippen LogP contribution is -2.37. The minimum atomic E-state index is 0.0115. The van der Waals surface area contributed by atoms with Crippen molar-refractivity contribution in [2.75, 3.05) is 46.3 Å². The molecule has 0 unspecified atom stereocenters. The third-order valence-corrected chi connectivity index (χ3v) is 1.89. The maximum absolute atomic E-state index is 11.3. The second-order valence-corrected chi connectivity index (χ2v) is 2.84. The molecule has 78 valence electrons. The van der Waals surface area contributed by atoms with Crippen molar-refractivity contribution in [2.24, 2.45) is 0 Å². The van der Waals surface area contributed by atoms with Gasteiger partial charge >= 0.3 is 0 Å². The molecule has 0 aromatic rings. The number of carbonyl (C=O) groups is 1. The number of hydrogen-bond donors (Lipinski definition) is 1. The van der Waals surface area contributed by atoms with Crippen LogP contribution in [-0.2, 0) is 14.3 Å². The van der Waals surface area contributed by atoms with Crippen LogP contribution < -0.4 is 0 Å². The zero-order valence-electron chi connectivity index (χ0n) is 8.15. The van der Waals surface area contributed by atoms with E-state index in [0.717, 1.165) is 0 Å². The summed E-state index contributed by atoms with van der Waals surface area (Å²) in [5.41, 5.74) is 0. The van der Waals surface area contributed by atoms with Crippen LogP contribution in [0.25, 0.3) is 0 Å². The molecule has 0 aromatic carbocycles. The van der Waals surface area contributed by atoms with Gasteiger partial charge in [0.05, 0.1) is 19.0 Å². The van der Waals surface area contributed by atoms with Crippen molar-refractivity contribution in [3.63, 3.8) is 0 Å². The van der Waals surface area contributed by atoms with Gasteiger partial charge in [-0.1, -0.05) is 0 Å². The molecule has 0 fully saturated rings. The molecule has 0 aliphatic heterocycles. The van der Waals surface area contributed by atoms with Crippen molar-refractivity contribution in [1.82, 2.24) is 4.90 Å². The van der Waals surface area contributed by atoms with Crippen LogP contribution in [0.4, 0.5) is 0 Å². The third-order valence-electron chi connectivity index (χ3n) is 1.62. The van der Waals surface area contributed by atoms with E-state index < -0.39 is 0 Å². The molecule has 0 N–H and O–H groups in total. The standard InChI is InChI=1S/C8H17NO3S/c1-11-5-3-9(4-6-12-2)8(10)7-13/h13H,3-7H2,1-2H3. The second-order valence-electron chi connectivity index (χ2n) is 2.52. The van der Waals surface area contributed by atoms with Crippen LogP contribution in [-0.4, -0.2) is 57.1 Å². The predicted molar refractivity (Wildman–Crippen MR) is 54.2 cm³/mol. The molecule has 0 saturated heterocycles. The van der Waals surface area contributed by atoms with Gasteiger partial charge in [0.15, 0.2) is 0 Å². The number of carbonyl (C=O) groups excluding carboxylic acids is 1. The van der Waals surface area contributed by atoms with Crippen LogP contribution >= 0.6 is 12.6 Å². The first-order valence-corrected chi connectivity index (χ1v) is 4.76. The summed E-state index contributed by atoms with van der Waals surface area (Å²) >= 11 is 3.93. The smallest absolute Gasteiger partial charge is 0.232 e. The van der Waals surface area contributed by atoms with Gasteiger partial charge in [0.1, 0.15) is 0 Å². The summed E-state index contributed by atoms with van der Waals surface area (Å²) in [5, 5.41) is 0. The molecule has 0 aromatic heterocycles. The van der Waals surface area contributed by atoms with Gasteiger partial charge in [0, 0.05) is 27.3 Å². The first kappa shape index (κ1) is 12.7. The fraction of sp³-hybridized carbons (Fsp3) is 0.875. The largest absolute Gasteiger partial charge is 0.383 e. The van der Waals surface area contributed by atoms with Crippen LogP contribution in [0.2, 0.25) is 0 Å². The SMILES string of the molecule is COCCN(CCOC)C(=O)CS. The molecule has 4 nitrogen and oxygen atoms in total. The van der Waals surface area contributed by atoms with Crippen molar-refractivity contribution < 1.29 is 14.3 Å². The van der Waals surface area contributed by atoms with Gasteiger partial charge in [-0.15, -0.1) is 0 Å². The summed E-state index contributed by atoms with van der Waals surface area (Å²) < 4.78 is 9.77. The van der Waals surface area contributed by atoms with Crippen molar-refractivity contribution in [3.05, 3.63) is 0 Å². The van der Waals surface area contributed by atoms with Crippen LogP contribution in [0, 0.1) is 0 Å². The average Bonchev–Trinajstić information content (AvgIpc) is 2.17. The fourth-order valence-electron chi connectivity index (χ4n) is 0.864. The highest BCUT2D eigenvalue weighted by Gasteiger charge is 2.10. The van der Waals surface area contributed by atoms with Crippen LogP contribution in [0.5, 0.6) is 0 Å². The molecule has 0 saturated carbocycles. The molecule has 0 radical (unpaired) electrons. The van der Waals surface area contributed by atoms with E-state index in [2.05, 4.69) is 12.6 Å². The maximum atomic E-state index is 11.3. The van der Waals surface area contributed by atoms with Crippen molar-refractivity contribution >= 4 is 18.5 Å². The number of hydrogen-bond acceptors (Lipinski definition) is 4. The Morgan fingerprint density at radius 1 is 1.23 bits per heavy atom. The zero-order valence-corrected chi connectivity index (χ0v) is 9.05. The molecule has 1 amide bonds. The van der Waals surface area contributed by atoms with Gasteiger partial charge in [-0.25, -0.2) is 0 Å². The molecule has 0 heterocycles. The van der Waals surface area contributed by atoms with Gasteiger partial charge in [-0.2, -0.15) is 12.6 Å². The van der Waals surface area contributed by atoms with Gasteiger partial charge in [0.2, 0.25) is 5.91 Å². The third kappa shape index (κ3) is 5.90. The summed E-state index contributed by atoms with van der Waals surface area (Å²) in [4.78, 5) is 12.9. The van der Waals surface area contributed by atoms with Crippen molar-refractivity contribution in [1.29, 1.82) is 0 Å². The highest BCUT2D eigenvalue weighted by molar-refractivity contribution is 7.81. The predicted octanol–water partition coefficient (Wildman–Crippen LogP) is 0.0376. The molecule has 0 bridgehead atoms. The molecule has 0 spiro atoms. The van der Waals surface area contributed by atoms with Gasteiger partial charge < -0.3 is 14.4 Å². The highest BCUT2D eigenvalue weighted by atomic mass is 32.1. The Balaban J connectivity index is 3.79. The van der Waals surface area contributed by atoms with E-state index in [4.69, 9.17) is 9.47 Å². The van der Waals surface area contributed by atoms with Crippen LogP contribution in [0.3, 0.4) is 0 Å². The Bertz CT molecular complexity index is 135. The first-order valence-electron chi connectivity index (χ1n) is 4.12. The molecular formula is C8H17NO3S. The number of rotatable bonds is 7. The summed E-state index contributed by atoms with van der Waals surface area (Å²) in [6.45, 7) is 2.28.